The van der Waals surface area contributed by atoms with Crippen molar-refractivity contribution in [2.45, 2.75) is 25.7 Å². The first kappa shape index (κ1) is 15.3. The molecule has 2 rings (SSSR count). The fourth-order valence-corrected chi connectivity index (χ4v) is 3.06. The predicted octanol–water partition coefficient (Wildman–Crippen LogP) is -0.604. The number of piperidine rings is 1. The maximum atomic E-state index is 12.3. The smallest absolute Gasteiger partial charge is 0.231 e. The molecule has 2 fully saturated rings. The van der Waals surface area contributed by atoms with E-state index in [-0.39, 0.29) is 11.8 Å². The first-order valence-electron chi connectivity index (χ1n) is 7.64. The SMILES string of the molecule is NC(=O)CN1CCCN(C(=O)CC2CCNCC2)CC1. The molecular weight excluding hydrogens is 256 g/mol. The third-order valence-corrected chi connectivity index (χ3v) is 4.24. The number of nitrogens with two attached hydrogens (primary N) is 1. The van der Waals surface area contributed by atoms with Crippen LogP contribution < -0.4 is 11.1 Å². The summed E-state index contributed by atoms with van der Waals surface area (Å²) in [5.74, 6) is 0.519. The molecule has 6 nitrogen and oxygen atoms in total. The summed E-state index contributed by atoms with van der Waals surface area (Å²) >= 11 is 0. The molecule has 0 bridgehead atoms. The van der Waals surface area contributed by atoms with Gasteiger partial charge in [0.2, 0.25) is 11.8 Å². The van der Waals surface area contributed by atoms with Crippen LogP contribution in [-0.4, -0.2) is 67.4 Å². The van der Waals surface area contributed by atoms with Gasteiger partial charge in [-0.15, -0.1) is 0 Å². The molecule has 0 aromatic carbocycles. The van der Waals surface area contributed by atoms with Gasteiger partial charge in [-0.2, -0.15) is 0 Å². The van der Waals surface area contributed by atoms with E-state index >= 15 is 0 Å². The van der Waals surface area contributed by atoms with Gasteiger partial charge in [-0.3, -0.25) is 14.5 Å². The maximum Gasteiger partial charge on any atom is 0.231 e. The predicted molar refractivity (Wildman–Crippen MR) is 77.0 cm³/mol. The number of nitrogens with zero attached hydrogens (tertiary/aromatic N) is 2. The van der Waals surface area contributed by atoms with Crippen LogP contribution in [0, 0.1) is 5.92 Å². The zero-order valence-corrected chi connectivity index (χ0v) is 12.1. The van der Waals surface area contributed by atoms with Gasteiger partial charge in [-0.1, -0.05) is 0 Å². The number of amides is 2. The van der Waals surface area contributed by atoms with Gasteiger partial charge in [0, 0.05) is 32.6 Å². The minimum atomic E-state index is -0.292. The number of carbonyl (C=O) groups excluding carboxylic acids is 2. The number of nitrogens with one attached hydrogen (secondary N) is 1. The van der Waals surface area contributed by atoms with E-state index in [9.17, 15) is 9.59 Å². The zero-order chi connectivity index (χ0) is 14.4. The second-order valence-electron chi connectivity index (χ2n) is 5.87. The molecule has 0 aliphatic carbocycles. The van der Waals surface area contributed by atoms with Gasteiger partial charge in [0.05, 0.1) is 6.54 Å². The average Bonchev–Trinajstić information content (AvgIpc) is 2.65. The third kappa shape index (κ3) is 4.76. The van der Waals surface area contributed by atoms with Crippen LogP contribution in [0.25, 0.3) is 0 Å². The Bertz CT molecular complexity index is 342. The molecule has 2 saturated heterocycles. The summed E-state index contributed by atoms with van der Waals surface area (Å²) in [5.41, 5.74) is 5.23. The van der Waals surface area contributed by atoms with Gasteiger partial charge in [0.15, 0.2) is 0 Å². The molecule has 0 saturated carbocycles. The van der Waals surface area contributed by atoms with Gasteiger partial charge >= 0.3 is 0 Å². The fourth-order valence-electron chi connectivity index (χ4n) is 3.06. The van der Waals surface area contributed by atoms with E-state index in [0.717, 1.165) is 58.5 Å². The topological polar surface area (TPSA) is 78.7 Å². The molecular formula is C14H26N4O2. The lowest BCUT2D eigenvalue weighted by Crippen LogP contribution is -2.39. The molecule has 0 unspecified atom stereocenters. The minimum Gasteiger partial charge on any atom is -0.369 e. The molecule has 0 atom stereocenters. The lowest BCUT2D eigenvalue weighted by Gasteiger charge is -2.26. The Morgan fingerprint density at radius 3 is 2.55 bits per heavy atom. The van der Waals surface area contributed by atoms with Crippen molar-refractivity contribution in [2.24, 2.45) is 11.7 Å². The van der Waals surface area contributed by atoms with Crippen molar-refractivity contribution in [2.75, 3.05) is 45.8 Å². The summed E-state index contributed by atoms with van der Waals surface area (Å²) < 4.78 is 0. The molecule has 2 aliphatic heterocycles. The van der Waals surface area contributed by atoms with E-state index in [1.54, 1.807) is 0 Å². The van der Waals surface area contributed by atoms with Crippen LogP contribution in [-0.2, 0) is 9.59 Å². The Hall–Kier alpha value is -1.14. The fraction of sp³-hybridized carbons (Fsp3) is 0.857. The second-order valence-corrected chi connectivity index (χ2v) is 5.87. The molecule has 20 heavy (non-hydrogen) atoms. The highest BCUT2D eigenvalue weighted by molar-refractivity contribution is 5.77. The first-order valence-corrected chi connectivity index (χ1v) is 7.64. The van der Waals surface area contributed by atoms with E-state index in [2.05, 4.69) is 5.32 Å². The summed E-state index contributed by atoms with van der Waals surface area (Å²) in [6.07, 6.45) is 3.81. The standard InChI is InChI=1S/C14H26N4O2/c15-13(19)11-17-6-1-7-18(9-8-17)14(20)10-12-2-4-16-5-3-12/h12,16H,1-11H2,(H2,15,19). The van der Waals surface area contributed by atoms with Crippen molar-refractivity contribution in [1.82, 2.24) is 15.1 Å². The zero-order valence-electron chi connectivity index (χ0n) is 12.1. The largest absolute Gasteiger partial charge is 0.369 e. The van der Waals surface area contributed by atoms with Crippen LogP contribution in [0.5, 0.6) is 0 Å². The first-order chi connectivity index (χ1) is 9.65. The Morgan fingerprint density at radius 2 is 1.85 bits per heavy atom. The Morgan fingerprint density at radius 1 is 1.10 bits per heavy atom. The van der Waals surface area contributed by atoms with E-state index in [0.29, 0.717) is 18.9 Å². The summed E-state index contributed by atoms with van der Waals surface area (Å²) in [5, 5.41) is 3.33. The quantitative estimate of drug-likeness (QED) is 0.721. The van der Waals surface area contributed by atoms with Crippen molar-refractivity contribution >= 4 is 11.8 Å². The van der Waals surface area contributed by atoms with Gasteiger partial charge in [-0.05, 0) is 38.3 Å². The molecule has 6 heteroatoms. The van der Waals surface area contributed by atoms with Gasteiger partial charge < -0.3 is 16.0 Å². The van der Waals surface area contributed by atoms with Crippen LogP contribution in [0.15, 0.2) is 0 Å². The van der Waals surface area contributed by atoms with Gasteiger partial charge in [-0.25, -0.2) is 0 Å². The normalized spacial score (nSPS) is 22.5. The van der Waals surface area contributed by atoms with Gasteiger partial charge in [0.1, 0.15) is 0 Å². The lowest BCUT2D eigenvalue weighted by molar-refractivity contribution is -0.132. The van der Waals surface area contributed by atoms with Crippen LogP contribution in [0.1, 0.15) is 25.7 Å². The summed E-state index contributed by atoms with van der Waals surface area (Å²) in [7, 11) is 0. The Labute approximate surface area is 120 Å². The summed E-state index contributed by atoms with van der Waals surface area (Å²) in [4.78, 5) is 27.3. The second kappa shape index (κ2) is 7.59. The highest BCUT2D eigenvalue weighted by Crippen LogP contribution is 2.17. The molecule has 3 N–H and O–H groups in total. The summed E-state index contributed by atoms with van der Waals surface area (Å²) in [6.45, 7) is 5.49. The third-order valence-electron chi connectivity index (χ3n) is 4.24. The maximum absolute atomic E-state index is 12.3. The van der Waals surface area contributed by atoms with Crippen LogP contribution in [0.4, 0.5) is 0 Å². The minimum absolute atomic E-state index is 0.276. The molecule has 2 heterocycles. The molecule has 2 aliphatic rings. The van der Waals surface area contributed by atoms with Crippen LogP contribution in [0.2, 0.25) is 0 Å². The van der Waals surface area contributed by atoms with Crippen LogP contribution >= 0.6 is 0 Å². The molecule has 0 aromatic heterocycles. The molecule has 0 spiro atoms. The monoisotopic (exact) mass is 282 g/mol. The van der Waals surface area contributed by atoms with Crippen molar-refractivity contribution in [1.29, 1.82) is 0 Å². The van der Waals surface area contributed by atoms with Crippen LogP contribution in [0.3, 0.4) is 0 Å². The number of primary amides is 1. The Kier molecular flexibility index (Phi) is 5.79. The highest BCUT2D eigenvalue weighted by Gasteiger charge is 2.23. The molecule has 2 amide bonds. The van der Waals surface area contributed by atoms with E-state index in [4.69, 9.17) is 5.73 Å². The number of hydrogen-bond acceptors (Lipinski definition) is 4. The van der Waals surface area contributed by atoms with Crippen molar-refractivity contribution in [3.8, 4) is 0 Å². The Balaban J connectivity index is 1.77. The number of carbonyl (C=O) groups is 2. The van der Waals surface area contributed by atoms with Crippen molar-refractivity contribution in [3.05, 3.63) is 0 Å². The summed E-state index contributed by atoms with van der Waals surface area (Å²) in [6, 6.07) is 0. The average molecular weight is 282 g/mol. The van der Waals surface area contributed by atoms with Gasteiger partial charge in [0.25, 0.3) is 0 Å². The van der Waals surface area contributed by atoms with Crippen molar-refractivity contribution < 1.29 is 9.59 Å². The number of rotatable bonds is 4. The molecule has 114 valence electrons. The molecule has 0 aromatic rings. The molecule has 0 radical (unpaired) electrons. The lowest BCUT2D eigenvalue weighted by atomic mass is 9.94. The van der Waals surface area contributed by atoms with E-state index < -0.39 is 0 Å². The van der Waals surface area contributed by atoms with E-state index in [1.165, 1.54) is 0 Å². The van der Waals surface area contributed by atoms with E-state index in [1.807, 2.05) is 9.80 Å². The van der Waals surface area contributed by atoms with Crippen molar-refractivity contribution in [3.63, 3.8) is 0 Å². The number of hydrogen-bond donors (Lipinski definition) is 2. The highest BCUT2D eigenvalue weighted by atomic mass is 16.2.